The van der Waals surface area contributed by atoms with Gasteiger partial charge in [-0.3, -0.25) is 9.78 Å². The maximum Gasteiger partial charge on any atom is 0.226 e. The van der Waals surface area contributed by atoms with Crippen LogP contribution in [0.1, 0.15) is 12.8 Å². The van der Waals surface area contributed by atoms with Crippen LogP contribution in [-0.2, 0) is 4.79 Å². The molecule has 0 saturated carbocycles. The second kappa shape index (κ2) is 5.15. The fourth-order valence-electron chi connectivity index (χ4n) is 1.97. The van der Waals surface area contributed by atoms with E-state index < -0.39 is 0 Å². The molecule has 5 heteroatoms. The molecule has 1 aromatic heterocycles. The Morgan fingerprint density at radius 3 is 3.06 bits per heavy atom. The summed E-state index contributed by atoms with van der Waals surface area (Å²) in [7, 11) is 0. The van der Waals surface area contributed by atoms with Gasteiger partial charge in [-0.15, -0.1) is 0 Å². The summed E-state index contributed by atoms with van der Waals surface area (Å²) in [6, 6.07) is 2.01. The highest BCUT2D eigenvalue weighted by molar-refractivity contribution is 9.10. The normalized spacial score (nSPS) is 20.9. The molecule has 16 heavy (non-hydrogen) atoms. The highest BCUT2D eigenvalue weighted by atomic mass is 79.9. The molecule has 1 aromatic rings. The van der Waals surface area contributed by atoms with E-state index in [1.54, 1.807) is 6.20 Å². The molecule has 1 saturated heterocycles. The lowest BCUT2D eigenvalue weighted by Crippen LogP contribution is -2.37. The van der Waals surface area contributed by atoms with Crippen molar-refractivity contribution in [2.24, 2.45) is 5.92 Å². The smallest absolute Gasteiger partial charge is 0.226 e. The SMILES string of the molecule is O=C(Cl)C1CCCN(c2cncc(Br)c2)C1. The Kier molecular flexibility index (Phi) is 3.82. The Balaban J connectivity index is 2.12. The number of hydrogen-bond donors (Lipinski definition) is 0. The van der Waals surface area contributed by atoms with E-state index >= 15 is 0 Å². The molecule has 1 unspecified atom stereocenters. The van der Waals surface area contributed by atoms with Crippen LogP contribution >= 0.6 is 27.5 Å². The third-order valence-corrected chi connectivity index (χ3v) is 3.54. The molecule has 0 N–H and O–H groups in total. The van der Waals surface area contributed by atoms with Crippen molar-refractivity contribution in [3.05, 3.63) is 22.9 Å². The lowest BCUT2D eigenvalue weighted by molar-refractivity contribution is -0.115. The molecule has 86 valence electrons. The van der Waals surface area contributed by atoms with Gasteiger partial charge in [-0.25, -0.2) is 0 Å². The number of carbonyl (C=O) groups is 1. The average molecular weight is 304 g/mol. The molecule has 0 aromatic carbocycles. The van der Waals surface area contributed by atoms with E-state index in [4.69, 9.17) is 11.6 Å². The number of anilines is 1. The van der Waals surface area contributed by atoms with Crippen molar-refractivity contribution in [2.45, 2.75) is 12.8 Å². The van der Waals surface area contributed by atoms with Crippen LogP contribution in [0.25, 0.3) is 0 Å². The predicted octanol–water partition coefficient (Wildman–Crippen LogP) is 2.83. The molecule has 3 nitrogen and oxygen atoms in total. The van der Waals surface area contributed by atoms with Crippen molar-refractivity contribution < 1.29 is 4.79 Å². The summed E-state index contributed by atoms with van der Waals surface area (Å²) in [5, 5.41) is -0.229. The number of pyridine rings is 1. The maximum absolute atomic E-state index is 11.2. The summed E-state index contributed by atoms with van der Waals surface area (Å²) in [6.07, 6.45) is 5.44. The lowest BCUT2D eigenvalue weighted by Gasteiger charge is -2.32. The fraction of sp³-hybridized carbons (Fsp3) is 0.455. The number of rotatable bonds is 2. The van der Waals surface area contributed by atoms with Gasteiger partial charge < -0.3 is 4.90 Å². The third-order valence-electron chi connectivity index (χ3n) is 2.80. The lowest BCUT2D eigenvalue weighted by atomic mass is 9.99. The molecule has 1 aliphatic rings. The van der Waals surface area contributed by atoms with Crippen molar-refractivity contribution in [1.29, 1.82) is 0 Å². The zero-order valence-electron chi connectivity index (χ0n) is 8.70. The first kappa shape index (κ1) is 11.9. The Labute approximate surface area is 108 Å². The molecule has 1 fully saturated rings. The minimum absolute atomic E-state index is 0.0469. The standard InChI is InChI=1S/C11H12BrClN2O/c12-9-4-10(6-14-5-9)15-3-1-2-8(7-15)11(13)16/h4-6,8H,1-3,7H2. The van der Waals surface area contributed by atoms with E-state index in [-0.39, 0.29) is 11.2 Å². The van der Waals surface area contributed by atoms with Gasteiger partial charge in [0.1, 0.15) is 0 Å². The number of halogens is 2. The first-order valence-electron chi connectivity index (χ1n) is 5.21. The van der Waals surface area contributed by atoms with Gasteiger partial charge >= 0.3 is 0 Å². The van der Waals surface area contributed by atoms with Gasteiger partial charge in [0.25, 0.3) is 0 Å². The van der Waals surface area contributed by atoms with E-state index in [0.717, 1.165) is 29.5 Å². The Morgan fingerprint density at radius 2 is 2.38 bits per heavy atom. The second-order valence-corrected chi connectivity index (χ2v) is 5.24. The monoisotopic (exact) mass is 302 g/mol. The van der Waals surface area contributed by atoms with Crippen molar-refractivity contribution >= 4 is 38.5 Å². The van der Waals surface area contributed by atoms with Crippen LogP contribution in [0.4, 0.5) is 5.69 Å². The van der Waals surface area contributed by atoms with Crippen molar-refractivity contribution in [3.8, 4) is 0 Å². The molecule has 2 heterocycles. The summed E-state index contributed by atoms with van der Waals surface area (Å²) < 4.78 is 0.948. The molecule has 1 aliphatic heterocycles. The highest BCUT2D eigenvalue weighted by Crippen LogP contribution is 2.25. The maximum atomic E-state index is 11.2. The van der Waals surface area contributed by atoms with Crippen LogP contribution in [0.3, 0.4) is 0 Å². The molecule has 1 atom stereocenters. The van der Waals surface area contributed by atoms with E-state index in [1.807, 2.05) is 12.3 Å². The molecule has 0 bridgehead atoms. The van der Waals surface area contributed by atoms with Gasteiger partial charge in [0, 0.05) is 23.8 Å². The number of aromatic nitrogens is 1. The van der Waals surface area contributed by atoms with E-state index in [0.29, 0.717) is 6.54 Å². The molecular formula is C11H12BrClN2O. The second-order valence-electron chi connectivity index (χ2n) is 3.95. The van der Waals surface area contributed by atoms with Crippen molar-refractivity contribution in [2.75, 3.05) is 18.0 Å². The molecule has 0 aliphatic carbocycles. The zero-order valence-corrected chi connectivity index (χ0v) is 11.0. The van der Waals surface area contributed by atoms with Crippen LogP contribution in [0.15, 0.2) is 22.9 Å². The minimum Gasteiger partial charge on any atom is -0.369 e. The number of nitrogens with zero attached hydrogens (tertiary/aromatic N) is 2. The van der Waals surface area contributed by atoms with Gasteiger partial charge in [0.2, 0.25) is 5.24 Å². The number of carbonyl (C=O) groups excluding carboxylic acids is 1. The first-order chi connectivity index (χ1) is 7.66. The largest absolute Gasteiger partial charge is 0.369 e. The number of hydrogen-bond acceptors (Lipinski definition) is 3. The van der Waals surface area contributed by atoms with Crippen LogP contribution in [0.2, 0.25) is 0 Å². The molecule has 2 rings (SSSR count). The van der Waals surface area contributed by atoms with Crippen LogP contribution in [0.5, 0.6) is 0 Å². The number of piperidine rings is 1. The predicted molar refractivity (Wildman–Crippen MR) is 67.7 cm³/mol. The van der Waals surface area contributed by atoms with E-state index in [9.17, 15) is 4.79 Å². The van der Waals surface area contributed by atoms with Gasteiger partial charge in [-0.2, -0.15) is 0 Å². The zero-order chi connectivity index (χ0) is 11.5. The van der Waals surface area contributed by atoms with Crippen LogP contribution < -0.4 is 4.90 Å². The Hall–Kier alpha value is -0.610. The Morgan fingerprint density at radius 1 is 1.56 bits per heavy atom. The van der Waals surface area contributed by atoms with E-state index in [1.165, 1.54) is 0 Å². The van der Waals surface area contributed by atoms with Gasteiger partial charge in [0.15, 0.2) is 0 Å². The summed E-state index contributed by atoms with van der Waals surface area (Å²) in [6.45, 7) is 1.65. The quantitative estimate of drug-likeness (QED) is 0.788. The average Bonchev–Trinajstić information content (AvgIpc) is 2.29. The molecule has 0 amide bonds. The van der Waals surface area contributed by atoms with Crippen molar-refractivity contribution in [1.82, 2.24) is 4.98 Å². The minimum atomic E-state index is -0.229. The van der Waals surface area contributed by atoms with Crippen LogP contribution in [0, 0.1) is 5.92 Å². The van der Waals surface area contributed by atoms with Gasteiger partial charge in [0.05, 0.1) is 17.8 Å². The molecular weight excluding hydrogens is 291 g/mol. The summed E-state index contributed by atoms with van der Waals surface area (Å²) in [5.74, 6) is -0.0469. The van der Waals surface area contributed by atoms with Crippen molar-refractivity contribution in [3.63, 3.8) is 0 Å². The first-order valence-corrected chi connectivity index (χ1v) is 6.39. The van der Waals surface area contributed by atoms with Crippen LogP contribution in [-0.4, -0.2) is 23.3 Å². The summed E-state index contributed by atoms with van der Waals surface area (Å²) in [4.78, 5) is 17.4. The highest BCUT2D eigenvalue weighted by Gasteiger charge is 2.24. The third kappa shape index (κ3) is 2.74. The molecule has 0 radical (unpaired) electrons. The van der Waals surface area contributed by atoms with Gasteiger partial charge in [-0.05, 0) is 46.4 Å². The summed E-state index contributed by atoms with van der Waals surface area (Å²) in [5.41, 5.74) is 1.04. The van der Waals surface area contributed by atoms with E-state index in [2.05, 4.69) is 25.8 Å². The Bertz CT molecular complexity index is 399. The topological polar surface area (TPSA) is 33.2 Å². The van der Waals surface area contributed by atoms with Gasteiger partial charge in [-0.1, -0.05) is 0 Å². The molecule has 0 spiro atoms. The summed E-state index contributed by atoms with van der Waals surface area (Å²) >= 11 is 8.94. The fourth-order valence-corrected chi connectivity index (χ4v) is 2.50.